The Bertz CT molecular complexity index is 146. The van der Waals surface area contributed by atoms with Crippen molar-refractivity contribution in [1.29, 1.82) is 0 Å². The van der Waals surface area contributed by atoms with Crippen molar-refractivity contribution < 1.29 is 4.74 Å². The molecule has 2 rings (SSSR count). The van der Waals surface area contributed by atoms with Crippen LogP contribution in [0.4, 0.5) is 0 Å². The molecule has 0 unspecified atom stereocenters. The van der Waals surface area contributed by atoms with Crippen molar-refractivity contribution in [3.8, 4) is 0 Å². The topological polar surface area (TPSA) is 21.3 Å². The predicted molar refractivity (Wildman–Crippen MR) is 53.8 cm³/mol. The SMILES string of the molecule is CC1CCC(O[C@H]2CCNC2)CC1. The Kier molecular flexibility index (Phi) is 3.23. The molecule has 76 valence electrons. The van der Waals surface area contributed by atoms with Crippen molar-refractivity contribution in [3.63, 3.8) is 0 Å². The molecule has 0 amide bonds. The molecule has 0 radical (unpaired) electrons. The first-order chi connectivity index (χ1) is 6.34. The fourth-order valence-corrected chi connectivity index (χ4v) is 2.38. The number of hydrogen-bond donors (Lipinski definition) is 1. The highest BCUT2D eigenvalue weighted by Crippen LogP contribution is 2.26. The summed E-state index contributed by atoms with van der Waals surface area (Å²) in [6.45, 7) is 4.58. The summed E-state index contributed by atoms with van der Waals surface area (Å²) in [6.07, 6.45) is 7.61. The minimum Gasteiger partial charge on any atom is -0.374 e. The van der Waals surface area contributed by atoms with Crippen molar-refractivity contribution >= 4 is 0 Å². The zero-order valence-electron chi connectivity index (χ0n) is 8.59. The number of nitrogens with one attached hydrogen (secondary N) is 1. The van der Waals surface area contributed by atoms with E-state index in [0.29, 0.717) is 12.2 Å². The number of rotatable bonds is 2. The molecule has 0 aromatic carbocycles. The molecule has 1 saturated heterocycles. The molecule has 2 aliphatic rings. The Hall–Kier alpha value is -0.0800. The van der Waals surface area contributed by atoms with Crippen LogP contribution in [0.5, 0.6) is 0 Å². The Labute approximate surface area is 81.0 Å². The maximum atomic E-state index is 6.04. The van der Waals surface area contributed by atoms with Crippen LogP contribution in [0.1, 0.15) is 39.0 Å². The van der Waals surface area contributed by atoms with Crippen LogP contribution >= 0.6 is 0 Å². The van der Waals surface area contributed by atoms with Gasteiger partial charge in [-0.15, -0.1) is 0 Å². The molecule has 13 heavy (non-hydrogen) atoms. The molecule has 1 N–H and O–H groups in total. The Morgan fingerprint density at radius 3 is 2.38 bits per heavy atom. The van der Waals surface area contributed by atoms with E-state index in [1.165, 1.54) is 32.1 Å². The summed E-state index contributed by atoms with van der Waals surface area (Å²) in [5, 5.41) is 3.35. The van der Waals surface area contributed by atoms with Crippen molar-refractivity contribution in [1.82, 2.24) is 5.32 Å². The van der Waals surface area contributed by atoms with Gasteiger partial charge in [-0.3, -0.25) is 0 Å². The quantitative estimate of drug-likeness (QED) is 0.706. The van der Waals surface area contributed by atoms with E-state index < -0.39 is 0 Å². The Morgan fingerprint density at radius 1 is 1.00 bits per heavy atom. The molecule has 2 nitrogen and oxygen atoms in total. The zero-order chi connectivity index (χ0) is 9.10. The smallest absolute Gasteiger partial charge is 0.0715 e. The second-order valence-corrected chi connectivity index (χ2v) is 4.63. The fourth-order valence-electron chi connectivity index (χ4n) is 2.38. The van der Waals surface area contributed by atoms with E-state index in [4.69, 9.17) is 4.74 Å². The van der Waals surface area contributed by atoms with Crippen LogP contribution in [0.15, 0.2) is 0 Å². The first-order valence-corrected chi connectivity index (χ1v) is 5.71. The first kappa shape index (κ1) is 9.47. The molecule has 0 spiro atoms. The molecule has 0 aromatic heterocycles. The van der Waals surface area contributed by atoms with Gasteiger partial charge in [0.25, 0.3) is 0 Å². The second kappa shape index (κ2) is 4.43. The van der Waals surface area contributed by atoms with E-state index in [0.717, 1.165) is 19.0 Å². The third-order valence-electron chi connectivity index (χ3n) is 3.36. The van der Waals surface area contributed by atoms with Gasteiger partial charge in [-0.05, 0) is 44.6 Å². The Morgan fingerprint density at radius 2 is 1.77 bits per heavy atom. The predicted octanol–water partition coefficient (Wildman–Crippen LogP) is 1.94. The molecule has 1 atom stereocenters. The van der Waals surface area contributed by atoms with Crippen LogP contribution in [-0.4, -0.2) is 25.3 Å². The second-order valence-electron chi connectivity index (χ2n) is 4.63. The lowest BCUT2D eigenvalue weighted by atomic mass is 9.89. The summed E-state index contributed by atoms with van der Waals surface area (Å²) in [5.41, 5.74) is 0. The molecule has 1 aliphatic heterocycles. The van der Waals surface area contributed by atoms with E-state index in [-0.39, 0.29) is 0 Å². The van der Waals surface area contributed by atoms with Gasteiger partial charge >= 0.3 is 0 Å². The van der Waals surface area contributed by atoms with Gasteiger partial charge in [0.15, 0.2) is 0 Å². The highest BCUT2D eigenvalue weighted by atomic mass is 16.5. The summed E-state index contributed by atoms with van der Waals surface area (Å²) >= 11 is 0. The molecule has 2 fully saturated rings. The largest absolute Gasteiger partial charge is 0.374 e. The standard InChI is InChI=1S/C11H21NO/c1-9-2-4-10(5-3-9)13-11-6-7-12-8-11/h9-12H,2-8H2,1H3/t9?,10?,11-/m0/s1. The summed E-state index contributed by atoms with van der Waals surface area (Å²) in [4.78, 5) is 0. The maximum absolute atomic E-state index is 6.04. The van der Waals surface area contributed by atoms with E-state index >= 15 is 0 Å². The summed E-state index contributed by atoms with van der Waals surface area (Å²) < 4.78 is 6.04. The van der Waals surface area contributed by atoms with Crippen LogP contribution in [0.2, 0.25) is 0 Å². The third-order valence-corrected chi connectivity index (χ3v) is 3.36. The van der Waals surface area contributed by atoms with Gasteiger partial charge in [-0.1, -0.05) is 6.92 Å². The zero-order valence-corrected chi connectivity index (χ0v) is 8.59. The van der Waals surface area contributed by atoms with Gasteiger partial charge in [-0.2, -0.15) is 0 Å². The van der Waals surface area contributed by atoms with Crippen molar-refractivity contribution in [2.75, 3.05) is 13.1 Å². The normalized spacial score (nSPS) is 40.8. The first-order valence-electron chi connectivity index (χ1n) is 5.71. The summed E-state index contributed by atoms with van der Waals surface area (Å²) in [6, 6.07) is 0. The minimum atomic E-state index is 0.512. The van der Waals surface area contributed by atoms with Gasteiger partial charge in [0, 0.05) is 6.54 Å². The molecule has 0 aromatic rings. The highest BCUT2D eigenvalue weighted by Gasteiger charge is 2.23. The lowest BCUT2D eigenvalue weighted by molar-refractivity contribution is -0.0258. The number of hydrogen-bond acceptors (Lipinski definition) is 2. The molecule has 1 saturated carbocycles. The fraction of sp³-hybridized carbons (Fsp3) is 1.00. The summed E-state index contributed by atoms with van der Waals surface area (Å²) in [5.74, 6) is 0.932. The van der Waals surface area contributed by atoms with Crippen molar-refractivity contribution in [3.05, 3.63) is 0 Å². The van der Waals surface area contributed by atoms with E-state index in [1.54, 1.807) is 0 Å². The minimum absolute atomic E-state index is 0.512. The van der Waals surface area contributed by atoms with Crippen LogP contribution in [0.3, 0.4) is 0 Å². The van der Waals surface area contributed by atoms with Crippen molar-refractivity contribution in [2.24, 2.45) is 5.92 Å². The van der Waals surface area contributed by atoms with Crippen LogP contribution in [0, 0.1) is 5.92 Å². The lowest BCUT2D eigenvalue weighted by Gasteiger charge is -2.28. The van der Waals surface area contributed by atoms with Crippen LogP contribution in [-0.2, 0) is 4.74 Å². The monoisotopic (exact) mass is 183 g/mol. The average Bonchev–Trinajstić information content (AvgIpc) is 2.62. The maximum Gasteiger partial charge on any atom is 0.0715 e. The molecular weight excluding hydrogens is 162 g/mol. The van der Waals surface area contributed by atoms with E-state index in [1.807, 2.05) is 0 Å². The molecule has 0 bridgehead atoms. The van der Waals surface area contributed by atoms with Gasteiger partial charge in [-0.25, -0.2) is 0 Å². The summed E-state index contributed by atoms with van der Waals surface area (Å²) in [7, 11) is 0. The molecule has 1 aliphatic carbocycles. The van der Waals surface area contributed by atoms with Gasteiger partial charge < -0.3 is 10.1 Å². The van der Waals surface area contributed by atoms with Crippen LogP contribution in [0.25, 0.3) is 0 Å². The van der Waals surface area contributed by atoms with Crippen molar-refractivity contribution in [2.45, 2.75) is 51.2 Å². The van der Waals surface area contributed by atoms with Gasteiger partial charge in [0.05, 0.1) is 12.2 Å². The molecular formula is C11H21NO. The Balaban J connectivity index is 1.69. The third kappa shape index (κ3) is 2.68. The lowest BCUT2D eigenvalue weighted by Crippen LogP contribution is -2.27. The molecule has 2 heteroatoms. The number of ether oxygens (including phenoxy) is 1. The van der Waals surface area contributed by atoms with E-state index in [2.05, 4.69) is 12.2 Å². The molecule has 1 heterocycles. The van der Waals surface area contributed by atoms with Gasteiger partial charge in [0.2, 0.25) is 0 Å². The van der Waals surface area contributed by atoms with Crippen LogP contribution < -0.4 is 5.32 Å². The average molecular weight is 183 g/mol. The van der Waals surface area contributed by atoms with E-state index in [9.17, 15) is 0 Å². The van der Waals surface area contributed by atoms with Gasteiger partial charge in [0.1, 0.15) is 0 Å². The highest BCUT2D eigenvalue weighted by molar-refractivity contribution is 4.76.